The number of rotatable bonds is 7. The van der Waals surface area contributed by atoms with Gasteiger partial charge in [-0.1, -0.05) is 6.07 Å². The number of nitrogens with one attached hydrogen (secondary N) is 1. The van der Waals surface area contributed by atoms with Gasteiger partial charge in [-0.25, -0.2) is 4.79 Å². The van der Waals surface area contributed by atoms with Crippen LogP contribution in [0, 0.1) is 17.0 Å². The van der Waals surface area contributed by atoms with E-state index >= 15 is 0 Å². The van der Waals surface area contributed by atoms with E-state index in [4.69, 9.17) is 9.15 Å². The number of benzene rings is 2. The van der Waals surface area contributed by atoms with E-state index < -0.39 is 16.8 Å². The number of furan rings is 1. The standard InChI is InChI=1S/C21H18N2O7/c1-13-3-9-17(18(11-13)23(26)27)22-20(24)19-10-8-16(30-19)12-29-15-6-4-14(5-7-15)21(25)28-2/h3-11H,12H2,1-2H3,(H,22,24). The molecule has 30 heavy (non-hydrogen) atoms. The summed E-state index contributed by atoms with van der Waals surface area (Å²) in [5.74, 6) is -0.187. The number of hydrogen-bond donors (Lipinski definition) is 1. The average Bonchev–Trinajstić information content (AvgIpc) is 3.22. The maximum absolute atomic E-state index is 12.4. The Morgan fingerprint density at radius 1 is 1.10 bits per heavy atom. The number of carbonyl (C=O) groups excluding carboxylic acids is 2. The number of aryl methyl sites for hydroxylation is 1. The molecule has 0 saturated carbocycles. The number of hydrogen-bond acceptors (Lipinski definition) is 7. The summed E-state index contributed by atoms with van der Waals surface area (Å²) in [6.07, 6.45) is 0. The van der Waals surface area contributed by atoms with E-state index in [1.807, 2.05) is 0 Å². The zero-order valence-corrected chi connectivity index (χ0v) is 16.2. The van der Waals surface area contributed by atoms with Crippen molar-refractivity contribution in [2.75, 3.05) is 12.4 Å². The van der Waals surface area contributed by atoms with E-state index in [0.29, 0.717) is 22.6 Å². The van der Waals surface area contributed by atoms with Gasteiger partial charge in [-0.15, -0.1) is 0 Å². The summed E-state index contributed by atoms with van der Waals surface area (Å²) in [5, 5.41) is 13.7. The van der Waals surface area contributed by atoms with Crippen LogP contribution in [0.4, 0.5) is 11.4 Å². The van der Waals surface area contributed by atoms with E-state index in [9.17, 15) is 19.7 Å². The van der Waals surface area contributed by atoms with Crippen LogP contribution in [-0.2, 0) is 11.3 Å². The molecular weight excluding hydrogens is 392 g/mol. The van der Waals surface area contributed by atoms with Crippen LogP contribution in [0.25, 0.3) is 0 Å². The van der Waals surface area contributed by atoms with Crippen molar-refractivity contribution in [1.29, 1.82) is 0 Å². The quantitative estimate of drug-likeness (QED) is 0.353. The molecule has 0 aliphatic rings. The summed E-state index contributed by atoms with van der Waals surface area (Å²) in [4.78, 5) is 34.4. The van der Waals surface area contributed by atoms with Gasteiger partial charge in [-0.2, -0.15) is 0 Å². The van der Waals surface area contributed by atoms with E-state index in [2.05, 4.69) is 10.1 Å². The third kappa shape index (κ3) is 4.82. The van der Waals surface area contributed by atoms with Crippen LogP contribution in [0.3, 0.4) is 0 Å². The Balaban J connectivity index is 1.63. The fraction of sp³-hybridized carbons (Fsp3) is 0.143. The maximum atomic E-state index is 12.4. The second-order valence-electron chi connectivity index (χ2n) is 6.30. The number of nitro groups is 1. The van der Waals surface area contributed by atoms with E-state index in [1.165, 1.54) is 25.3 Å². The first-order valence-electron chi connectivity index (χ1n) is 8.83. The Bertz CT molecular complexity index is 1090. The highest BCUT2D eigenvalue weighted by atomic mass is 16.6. The van der Waals surface area contributed by atoms with Crippen LogP contribution in [0.1, 0.15) is 32.2 Å². The normalized spacial score (nSPS) is 10.3. The molecule has 9 heteroatoms. The predicted molar refractivity (Wildman–Crippen MR) is 107 cm³/mol. The third-order valence-electron chi connectivity index (χ3n) is 4.14. The Kier molecular flexibility index (Phi) is 6.11. The highest BCUT2D eigenvalue weighted by Crippen LogP contribution is 2.26. The molecule has 3 rings (SSSR count). The molecule has 154 valence electrons. The topological polar surface area (TPSA) is 121 Å². The molecule has 0 aliphatic heterocycles. The fourth-order valence-corrected chi connectivity index (χ4v) is 2.62. The summed E-state index contributed by atoms with van der Waals surface area (Å²) >= 11 is 0. The maximum Gasteiger partial charge on any atom is 0.337 e. The molecule has 0 spiro atoms. The monoisotopic (exact) mass is 410 g/mol. The van der Waals surface area contributed by atoms with Gasteiger partial charge in [0.25, 0.3) is 11.6 Å². The third-order valence-corrected chi connectivity index (χ3v) is 4.14. The van der Waals surface area contributed by atoms with Crippen LogP contribution in [-0.4, -0.2) is 23.9 Å². The van der Waals surface area contributed by atoms with Crippen molar-refractivity contribution in [1.82, 2.24) is 0 Å². The number of amides is 1. The first-order chi connectivity index (χ1) is 14.4. The number of nitrogens with zero attached hydrogens (tertiary/aromatic N) is 1. The SMILES string of the molecule is COC(=O)c1ccc(OCc2ccc(C(=O)Nc3ccc(C)cc3[N+](=O)[O-])o2)cc1. The van der Waals surface area contributed by atoms with Gasteiger partial charge in [0, 0.05) is 6.07 Å². The molecule has 1 heterocycles. The van der Waals surface area contributed by atoms with Crippen molar-refractivity contribution < 1.29 is 28.4 Å². The van der Waals surface area contributed by atoms with Gasteiger partial charge in [-0.3, -0.25) is 14.9 Å². The molecule has 0 aliphatic carbocycles. The Labute approximate surface area is 171 Å². The van der Waals surface area contributed by atoms with Gasteiger partial charge in [-0.05, 0) is 55.0 Å². The lowest BCUT2D eigenvalue weighted by molar-refractivity contribution is -0.384. The Morgan fingerprint density at radius 3 is 2.50 bits per heavy atom. The molecule has 0 unspecified atom stereocenters. The van der Waals surface area contributed by atoms with Crippen molar-refractivity contribution in [2.24, 2.45) is 0 Å². The molecule has 2 aromatic carbocycles. The molecular formula is C21H18N2O7. The lowest BCUT2D eigenvalue weighted by atomic mass is 10.2. The van der Waals surface area contributed by atoms with Crippen molar-refractivity contribution in [3.05, 3.63) is 87.4 Å². The van der Waals surface area contributed by atoms with Crippen LogP contribution >= 0.6 is 0 Å². The summed E-state index contributed by atoms with van der Waals surface area (Å²) in [6, 6.07) is 13.9. The number of carbonyl (C=O) groups is 2. The lowest BCUT2D eigenvalue weighted by Gasteiger charge is -2.06. The fourth-order valence-electron chi connectivity index (χ4n) is 2.62. The van der Waals surface area contributed by atoms with E-state index in [1.54, 1.807) is 43.3 Å². The minimum absolute atomic E-state index is 0.00971. The Morgan fingerprint density at radius 2 is 1.83 bits per heavy atom. The highest BCUT2D eigenvalue weighted by Gasteiger charge is 2.19. The van der Waals surface area contributed by atoms with Crippen LogP contribution in [0.5, 0.6) is 5.75 Å². The summed E-state index contributed by atoms with van der Waals surface area (Å²) in [6.45, 7) is 1.77. The molecule has 1 N–H and O–H groups in total. The minimum atomic E-state index is -0.615. The van der Waals surface area contributed by atoms with Gasteiger partial charge >= 0.3 is 5.97 Å². The second kappa shape index (κ2) is 8.91. The first-order valence-corrected chi connectivity index (χ1v) is 8.83. The number of nitro benzene ring substituents is 1. The molecule has 0 atom stereocenters. The van der Waals surface area contributed by atoms with Crippen LogP contribution in [0.2, 0.25) is 0 Å². The van der Waals surface area contributed by atoms with Gasteiger partial charge in [0.15, 0.2) is 5.76 Å². The molecule has 3 aromatic rings. The van der Waals surface area contributed by atoms with Gasteiger partial charge in [0.05, 0.1) is 17.6 Å². The van der Waals surface area contributed by atoms with Gasteiger partial charge in [0.1, 0.15) is 23.8 Å². The molecule has 9 nitrogen and oxygen atoms in total. The summed E-state index contributed by atoms with van der Waals surface area (Å²) < 4.78 is 15.7. The van der Waals surface area contributed by atoms with Crippen LogP contribution < -0.4 is 10.1 Å². The highest BCUT2D eigenvalue weighted by molar-refractivity contribution is 6.03. The van der Waals surface area contributed by atoms with Gasteiger partial charge < -0.3 is 19.2 Å². The van der Waals surface area contributed by atoms with E-state index in [0.717, 1.165) is 0 Å². The zero-order valence-electron chi connectivity index (χ0n) is 16.2. The van der Waals surface area contributed by atoms with Crippen molar-refractivity contribution >= 4 is 23.3 Å². The molecule has 1 amide bonds. The van der Waals surface area contributed by atoms with Crippen molar-refractivity contribution in [3.8, 4) is 5.75 Å². The molecule has 0 radical (unpaired) electrons. The van der Waals surface area contributed by atoms with Crippen molar-refractivity contribution in [2.45, 2.75) is 13.5 Å². The number of esters is 1. The van der Waals surface area contributed by atoms with Gasteiger partial charge in [0.2, 0.25) is 0 Å². The molecule has 0 bridgehead atoms. The smallest absolute Gasteiger partial charge is 0.337 e. The predicted octanol–water partition coefficient (Wildman–Crippen LogP) is 4.11. The summed E-state index contributed by atoms with van der Waals surface area (Å²) in [7, 11) is 1.30. The largest absolute Gasteiger partial charge is 0.486 e. The average molecular weight is 410 g/mol. The minimum Gasteiger partial charge on any atom is -0.486 e. The molecule has 1 aromatic heterocycles. The lowest BCUT2D eigenvalue weighted by Crippen LogP contribution is -2.12. The first kappa shape index (κ1) is 20.6. The Hall–Kier alpha value is -4.14. The number of anilines is 1. The number of ether oxygens (including phenoxy) is 2. The molecule has 0 saturated heterocycles. The summed E-state index contributed by atoms with van der Waals surface area (Å²) in [5.41, 5.74) is 0.980. The molecule has 0 fully saturated rings. The second-order valence-corrected chi connectivity index (χ2v) is 6.30. The van der Waals surface area contributed by atoms with Crippen molar-refractivity contribution in [3.63, 3.8) is 0 Å². The number of methoxy groups -OCH3 is 1. The van der Waals surface area contributed by atoms with E-state index in [-0.39, 0.29) is 23.7 Å². The zero-order chi connectivity index (χ0) is 21.7. The van der Waals surface area contributed by atoms with Crippen LogP contribution in [0.15, 0.2) is 59.0 Å².